The van der Waals surface area contributed by atoms with Crippen LogP contribution in [-0.2, 0) is 9.63 Å². The average molecular weight is 383 g/mol. The number of carbonyl (C=O) groups is 1. The molecule has 1 amide bonds. The third kappa shape index (κ3) is 4.98. The molecule has 0 atom stereocenters. The second kappa shape index (κ2) is 8.55. The lowest BCUT2D eigenvalue weighted by Gasteiger charge is -2.06. The highest BCUT2D eigenvalue weighted by atomic mass is 32.1. The molecule has 3 rings (SSSR count). The summed E-state index contributed by atoms with van der Waals surface area (Å²) in [6.45, 7) is 3.21. The molecule has 0 saturated heterocycles. The summed E-state index contributed by atoms with van der Waals surface area (Å²) in [6.07, 6.45) is 0. The van der Waals surface area contributed by atoms with Crippen LogP contribution in [0.4, 0.5) is 10.1 Å². The number of benzene rings is 2. The Hall–Kier alpha value is -3.06. The Morgan fingerprint density at radius 3 is 2.78 bits per heavy atom. The first-order valence-electron chi connectivity index (χ1n) is 8.27. The van der Waals surface area contributed by atoms with Crippen molar-refractivity contribution >= 4 is 28.6 Å². The van der Waals surface area contributed by atoms with E-state index in [1.807, 2.05) is 35.7 Å². The summed E-state index contributed by atoms with van der Waals surface area (Å²) in [6, 6.07) is 14.4. The first-order chi connectivity index (χ1) is 13.0. The molecule has 0 fully saturated rings. The number of hydrogen-bond acceptors (Lipinski definition) is 5. The maximum Gasteiger partial charge on any atom is 0.265 e. The molecule has 0 aliphatic rings. The highest BCUT2D eigenvalue weighted by molar-refractivity contribution is 7.13. The van der Waals surface area contributed by atoms with Crippen molar-refractivity contribution in [3.05, 3.63) is 71.0 Å². The van der Waals surface area contributed by atoms with Gasteiger partial charge < -0.3 is 10.2 Å². The summed E-state index contributed by atoms with van der Waals surface area (Å²) in [4.78, 5) is 21.5. The number of thiazole rings is 1. The van der Waals surface area contributed by atoms with E-state index in [-0.39, 0.29) is 12.3 Å². The number of oxime groups is 1. The van der Waals surface area contributed by atoms with E-state index in [9.17, 15) is 9.18 Å². The minimum Gasteiger partial charge on any atom is -0.385 e. The molecule has 0 aliphatic heterocycles. The molecule has 1 N–H and O–H groups in total. The maximum atomic E-state index is 13.7. The molecule has 1 heterocycles. The van der Waals surface area contributed by atoms with Crippen molar-refractivity contribution in [2.45, 2.75) is 13.8 Å². The lowest BCUT2D eigenvalue weighted by atomic mass is 10.2. The molecule has 3 aromatic rings. The van der Waals surface area contributed by atoms with Gasteiger partial charge in [-0.25, -0.2) is 9.37 Å². The monoisotopic (exact) mass is 383 g/mol. The van der Waals surface area contributed by atoms with Crippen molar-refractivity contribution in [2.24, 2.45) is 5.16 Å². The van der Waals surface area contributed by atoms with Crippen molar-refractivity contribution in [1.82, 2.24) is 4.98 Å². The number of aryl methyl sites for hydroxylation is 1. The number of hydrogen-bond donors (Lipinski definition) is 1. The third-order valence-corrected chi connectivity index (χ3v) is 4.58. The standard InChI is InChI=1S/C20H18FN3O2S/c1-13-8-9-17(16(21)10-13)22-19(25)11-26-24-14(2)18-12-27-20(23-18)15-6-4-3-5-7-15/h3-10,12H,11H2,1-2H3,(H,22,25)/b24-14+. The van der Waals surface area contributed by atoms with Gasteiger partial charge in [0, 0.05) is 10.9 Å². The maximum absolute atomic E-state index is 13.7. The molecule has 0 unspecified atom stereocenters. The van der Waals surface area contributed by atoms with E-state index < -0.39 is 11.7 Å². The van der Waals surface area contributed by atoms with Crippen LogP contribution in [0.3, 0.4) is 0 Å². The second-order valence-electron chi connectivity index (χ2n) is 5.89. The van der Waals surface area contributed by atoms with E-state index in [1.54, 1.807) is 19.9 Å². The number of halogens is 1. The Balaban J connectivity index is 1.56. The van der Waals surface area contributed by atoms with Crippen LogP contribution >= 0.6 is 11.3 Å². The predicted octanol–water partition coefficient (Wildman–Crippen LogP) is 4.64. The molecular formula is C20H18FN3O2S. The molecule has 27 heavy (non-hydrogen) atoms. The molecule has 0 saturated carbocycles. The Morgan fingerprint density at radius 1 is 1.26 bits per heavy atom. The third-order valence-electron chi connectivity index (χ3n) is 3.69. The summed E-state index contributed by atoms with van der Waals surface area (Å²) in [5.74, 6) is -0.975. The minimum atomic E-state index is -0.488. The topological polar surface area (TPSA) is 63.6 Å². The van der Waals surface area contributed by atoms with Gasteiger partial charge in [0.25, 0.3) is 5.91 Å². The SMILES string of the molecule is C/C(=N\OCC(=O)Nc1ccc(C)cc1F)c1csc(-c2ccccc2)n1. The number of aromatic nitrogens is 1. The van der Waals surface area contributed by atoms with Crippen LogP contribution in [0.5, 0.6) is 0 Å². The highest BCUT2D eigenvalue weighted by Crippen LogP contribution is 2.23. The molecule has 0 aliphatic carbocycles. The Morgan fingerprint density at radius 2 is 2.04 bits per heavy atom. The van der Waals surface area contributed by atoms with Crippen molar-refractivity contribution < 1.29 is 14.0 Å². The van der Waals surface area contributed by atoms with Crippen molar-refractivity contribution in [1.29, 1.82) is 0 Å². The van der Waals surface area contributed by atoms with Crippen molar-refractivity contribution in [2.75, 3.05) is 11.9 Å². The normalized spacial score (nSPS) is 11.3. The fourth-order valence-corrected chi connectivity index (χ4v) is 3.17. The Labute approximate surface area is 160 Å². The quantitative estimate of drug-likeness (QED) is 0.498. The molecule has 0 spiro atoms. The summed E-state index contributed by atoms with van der Waals surface area (Å²) in [5, 5.41) is 9.14. The van der Waals surface area contributed by atoms with E-state index in [1.165, 1.54) is 23.5 Å². The van der Waals surface area contributed by atoms with Gasteiger partial charge in [-0.15, -0.1) is 11.3 Å². The molecule has 7 heteroatoms. The minimum absolute atomic E-state index is 0.113. The zero-order chi connectivity index (χ0) is 19.2. The van der Waals surface area contributed by atoms with E-state index in [0.717, 1.165) is 16.1 Å². The summed E-state index contributed by atoms with van der Waals surface area (Å²) < 4.78 is 13.7. The van der Waals surface area contributed by atoms with Gasteiger partial charge in [0.2, 0.25) is 0 Å². The summed E-state index contributed by atoms with van der Waals surface area (Å²) >= 11 is 1.51. The fraction of sp³-hybridized carbons (Fsp3) is 0.150. The average Bonchev–Trinajstić information content (AvgIpc) is 3.15. The Bertz CT molecular complexity index is 970. The first-order valence-corrected chi connectivity index (χ1v) is 9.15. The van der Waals surface area contributed by atoms with E-state index in [0.29, 0.717) is 11.4 Å². The number of nitrogens with zero attached hydrogens (tertiary/aromatic N) is 2. The number of anilines is 1. The number of nitrogens with one attached hydrogen (secondary N) is 1. The summed E-state index contributed by atoms with van der Waals surface area (Å²) in [5.41, 5.74) is 3.16. The van der Waals surface area contributed by atoms with E-state index in [4.69, 9.17) is 4.84 Å². The highest BCUT2D eigenvalue weighted by Gasteiger charge is 2.09. The molecule has 5 nitrogen and oxygen atoms in total. The lowest BCUT2D eigenvalue weighted by molar-refractivity contribution is -0.120. The Kier molecular flexibility index (Phi) is 5.93. The van der Waals surface area contributed by atoms with Crippen LogP contribution in [0.2, 0.25) is 0 Å². The number of rotatable bonds is 6. The first kappa shape index (κ1) is 18.7. The molecule has 138 valence electrons. The van der Waals surface area contributed by atoms with Gasteiger partial charge in [0.05, 0.1) is 11.4 Å². The van der Waals surface area contributed by atoms with Crippen LogP contribution in [-0.4, -0.2) is 23.2 Å². The molecule has 2 aromatic carbocycles. The van der Waals surface area contributed by atoms with E-state index >= 15 is 0 Å². The van der Waals surface area contributed by atoms with Gasteiger partial charge in [-0.2, -0.15) is 0 Å². The molecular weight excluding hydrogens is 365 g/mol. The van der Waals surface area contributed by atoms with Crippen LogP contribution in [0.15, 0.2) is 59.1 Å². The van der Waals surface area contributed by atoms with Crippen LogP contribution in [0.1, 0.15) is 18.2 Å². The zero-order valence-corrected chi connectivity index (χ0v) is 15.7. The van der Waals surface area contributed by atoms with Crippen LogP contribution in [0, 0.1) is 12.7 Å². The summed E-state index contributed by atoms with van der Waals surface area (Å²) in [7, 11) is 0. The fourth-order valence-electron chi connectivity index (χ4n) is 2.30. The van der Waals surface area contributed by atoms with Gasteiger partial charge in [0.15, 0.2) is 6.61 Å². The van der Waals surface area contributed by atoms with Gasteiger partial charge >= 0.3 is 0 Å². The second-order valence-corrected chi connectivity index (χ2v) is 6.74. The van der Waals surface area contributed by atoms with Crippen molar-refractivity contribution in [3.8, 4) is 10.6 Å². The van der Waals surface area contributed by atoms with Crippen LogP contribution < -0.4 is 5.32 Å². The van der Waals surface area contributed by atoms with Crippen molar-refractivity contribution in [3.63, 3.8) is 0 Å². The van der Waals surface area contributed by atoms with Gasteiger partial charge in [0.1, 0.15) is 16.5 Å². The van der Waals surface area contributed by atoms with Gasteiger partial charge in [-0.3, -0.25) is 4.79 Å². The molecule has 1 aromatic heterocycles. The molecule has 0 radical (unpaired) electrons. The predicted molar refractivity (Wildman–Crippen MR) is 105 cm³/mol. The van der Waals surface area contributed by atoms with E-state index in [2.05, 4.69) is 15.5 Å². The number of carbonyl (C=O) groups excluding carboxylic acids is 1. The zero-order valence-electron chi connectivity index (χ0n) is 14.9. The van der Waals surface area contributed by atoms with Crippen LogP contribution in [0.25, 0.3) is 10.6 Å². The molecule has 0 bridgehead atoms. The van der Waals surface area contributed by atoms with Gasteiger partial charge in [-0.1, -0.05) is 41.6 Å². The smallest absolute Gasteiger partial charge is 0.265 e. The van der Waals surface area contributed by atoms with Gasteiger partial charge in [-0.05, 0) is 31.5 Å². The largest absolute Gasteiger partial charge is 0.385 e. The number of amides is 1. The lowest BCUT2D eigenvalue weighted by Crippen LogP contribution is -2.18.